The zero-order valence-electron chi connectivity index (χ0n) is 14.3. The summed E-state index contributed by atoms with van der Waals surface area (Å²) in [5.41, 5.74) is 1.63. The Hall–Kier alpha value is -2.08. The Morgan fingerprint density at radius 2 is 1.92 bits per heavy atom. The van der Waals surface area contributed by atoms with Crippen LogP contribution in [-0.4, -0.2) is 37.3 Å². The van der Waals surface area contributed by atoms with E-state index in [-0.39, 0.29) is 12.4 Å². The lowest BCUT2D eigenvalue weighted by Crippen LogP contribution is -2.31. The van der Waals surface area contributed by atoms with Crippen LogP contribution in [0.3, 0.4) is 0 Å². The van der Waals surface area contributed by atoms with Crippen molar-refractivity contribution in [2.45, 2.75) is 19.6 Å². The maximum atomic E-state index is 11.4. The molecule has 25 heavy (non-hydrogen) atoms. The predicted molar refractivity (Wildman–Crippen MR) is 97.7 cm³/mol. The van der Waals surface area contributed by atoms with Crippen molar-refractivity contribution in [2.24, 2.45) is 0 Å². The van der Waals surface area contributed by atoms with Crippen LogP contribution in [0.1, 0.15) is 22.8 Å². The molecule has 0 amide bonds. The Bertz CT molecular complexity index is 703. The summed E-state index contributed by atoms with van der Waals surface area (Å²) in [6, 6.07) is 12.5. The molecule has 0 saturated carbocycles. The fraction of sp³-hybridized carbons (Fsp3) is 0.316. The molecular weight excluding hydrogens is 342 g/mol. The van der Waals surface area contributed by atoms with Gasteiger partial charge in [-0.05, 0) is 42.8 Å². The van der Waals surface area contributed by atoms with Gasteiger partial charge in [-0.15, -0.1) is 0 Å². The van der Waals surface area contributed by atoms with Gasteiger partial charge >= 0.3 is 0 Å². The highest BCUT2D eigenvalue weighted by Gasteiger charge is 2.11. The Labute approximate surface area is 152 Å². The quantitative estimate of drug-likeness (QED) is 0.670. The lowest BCUT2D eigenvalue weighted by molar-refractivity contribution is 0.101. The molecule has 0 heterocycles. The number of hydrogen-bond acceptors (Lipinski definition) is 5. The summed E-state index contributed by atoms with van der Waals surface area (Å²) in [5.74, 6) is 0.912. The van der Waals surface area contributed by atoms with Crippen LogP contribution in [0, 0.1) is 0 Å². The zero-order chi connectivity index (χ0) is 18.2. The average molecular weight is 364 g/mol. The number of carbonyl (C=O) groups is 1. The van der Waals surface area contributed by atoms with Gasteiger partial charge in [-0.2, -0.15) is 0 Å². The number of aliphatic hydroxyl groups is 1. The molecule has 0 fully saturated rings. The fourth-order valence-electron chi connectivity index (χ4n) is 2.24. The topological polar surface area (TPSA) is 67.8 Å². The monoisotopic (exact) mass is 363 g/mol. The minimum atomic E-state index is -0.676. The Kier molecular flexibility index (Phi) is 7.25. The van der Waals surface area contributed by atoms with E-state index < -0.39 is 6.10 Å². The standard InChI is InChI=1S/C19H22ClNO4/c1-13(22)15-5-8-18(19(9-15)24-2)25-12-17(23)11-21-10-14-3-6-16(20)7-4-14/h3-9,17,21,23H,10-12H2,1-2H3/t17-/m0/s1. The number of ether oxygens (including phenoxy) is 2. The maximum absolute atomic E-state index is 11.4. The average Bonchev–Trinajstić information content (AvgIpc) is 2.61. The molecule has 0 bridgehead atoms. The highest BCUT2D eigenvalue weighted by Crippen LogP contribution is 2.28. The molecule has 6 heteroatoms. The van der Waals surface area contributed by atoms with Gasteiger partial charge in [0.1, 0.15) is 12.7 Å². The van der Waals surface area contributed by atoms with Gasteiger partial charge in [0.05, 0.1) is 7.11 Å². The molecule has 0 saturated heterocycles. The summed E-state index contributed by atoms with van der Waals surface area (Å²) in [7, 11) is 1.51. The van der Waals surface area contributed by atoms with Gasteiger partial charge in [0.15, 0.2) is 17.3 Å². The number of rotatable bonds is 9. The summed E-state index contributed by atoms with van der Waals surface area (Å²) < 4.78 is 10.8. The van der Waals surface area contributed by atoms with Crippen LogP contribution in [-0.2, 0) is 6.54 Å². The highest BCUT2D eigenvalue weighted by atomic mass is 35.5. The first-order valence-electron chi connectivity index (χ1n) is 7.94. The second kappa shape index (κ2) is 9.42. The van der Waals surface area contributed by atoms with Crippen LogP contribution in [0.2, 0.25) is 5.02 Å². The smallest absolute Gasteiger partial charge is 0.161 e. The van der Waals surface area contributed by atoms with Gasteiger partial charge in [-0.25, -0.2) is 0 Å². The molecular formula is C19H22ClNO4. The van der Waals surface area contributed by atoms with Crippen molar-refractivity contribution < 1.29 is 19.4 Å². The van der Waals surface area contributed by atoms with Crippen molar-refractivity contribution in [3.8, 4) is 11.5 Å². The SMILES string of the molecule is COc1cc(C(C)=O)ccc1OC[C@@H](O)CNCc1ccc(Cl)cc1. The predicted octanol–water partition coefficient (Wildman–Crippen LogP) is 3.08. The lowest BCUT2D eigenvalue weighted by atomic mass is 10.1. The van der Waals surface area contributed by atoms with Crippen molar-refractivity contribution in [3.63, 3.8) is 0 Å². The van der Waals surface area contributed by atoms with Crippen LogP contribution in [0.5, 0.6) is 11.5 Å². The molecule has 0 aliphatic carbocycles. The van der Waals surface area contributed by atoms with Crippen LogP contribution in [0.25, 0.3) is 0 Å². The first-order chi connectivity index (χ1) is 12.0. The van der Waals surface area contributed by atoms with Gasteiger partial charge in [0, 0.05) is 23.7 Å². The second-order valence-corrected chi connectivity index (χ2v) is 6.08. The number of benzene rings is 2. The van der Waals surface area contributed by atoms with E-state index in [1.54, 1.807) is 18.2 Å². The van der Waals surface area contributed by atoms with Gasteiger partial charge in [-0.1, -0.05) is 23.7 Å². The van der Waals surface area contributed by atoms with Gasteiger partial charge < -0.3 is 19.9 Å². The zero-order valence-corrected chi connectivity index (χ0v) is 15.0. The molecule has 0 radical (unpaired) electrons. The van der Waals surface area contributed by atoms with Crippen LogP contribution >= 0.6 is 11.6 Å². The van der Waals surface area contributed by atoms with E-state index in [2.05, 4.69) is 5.32 Å². The number of halogens is 1. The second-order valence-electron chi connectivity index (χ2n) is 5.64. The summed E-state index contributed by atoms with van der Waals surface area (Å²) in [6.45, 7) is 2.62. The number of hydrogen-bond donors (Lipinski definition) is 2. The molecule has 2 N–H and O–H groups in total. The van der Waals surface area contributed by atoms with E-state index in [0.717, 1.165) is 5.56 Å². The molecule has 0 spiro atoms. The number of carbonyl (C=O) groups excluding carboxylic acids is 1. The van der Waals surface area contributed by atoms with Crippen molar-refractivity contribution in [1.29, 1.82) is 0 Å². The molecule has 2 rings (SSSR count). The first-order valence-corrected chi connectivity index (χ1v) is 8.32. The summed E-state index contributed by atoms with van der Waals surface area (Å²) in [6.07, 6.45) is -0.676. The van der Waals surface area contributed by atoms with Crippen molar-refractivity contribution >= 4 is 17.4 Å². The van der Waals surface area contributed by atoms with Gasteiger partial charge in [-0.3, -0.25) is 4.79 Å². The van der Waals surface area contributed by atoms with E-state index in [9.17, 15) is 9.90 Å². The number of aliphatic hydroxyl groups excluding tert-OH is 1. The van der Waals surface area contributed by atoms with Crippen molar-refractivity contribution in [3.05, 3.63) is 58.6 Å². The lowest BCUT2D eigenvalue weighted by Gasteiger charge is -2.15. The molecule has 134 valence electrons. The Balaban J connectivity index is 1.80. The van der Waals surface area contributed by atoms with Crippen LogP contribution < -0.4 is 14.8 Å². The highest BCUT2D eigenvalue weighted by molar-refractivity contribution is 6.30. The van der Waals surface area contributed by atoms with E-state index in [4.69, 9.17) is 21.1 Å². The van der Waals surface area contributed by atoms with Gasteiger partial charge in [0.25, 0.3) is 0 Å². The van der Waals surface area contributed by atoms with Crippen molar-refractivity contribution in [1.82, 2.24) is 5.32 Å². The molecule has 0 unspecified atom stereocenters. The van der Waals surface area contributed by atoms with Gasteiger partial charge in [0.2, 0.25) is 0 Å². The largest absolute Gasteiger partial charge is 0.493 e. The molecule has 5 nitrogen and oxygen atoms in total. The van der Waals surface area contributed by atoms with Crippen LogP contribution in [0.4, 0.5) is 0 Å². The van der Waals surface area contributed by atoms with E-state index in [0.29, 0.717) is 35.2 Å². The molecule has 0 aliphatic rings. The van der Waals surface area contributed by atoms with E-state index >= 15 is 0 Å². The van der Waals surface area contributed by atoms with E-state index in [1.807, 2.05) is 24.3 Å². The van der Waals surface area contributed by atoms with Crippen molar-refractivity contribution in [2.75, 3.05) is 20.3 Å². The number of nitrogens with one attached hydrogen (secondary N) is 1. The summed E-state index contributed by atoms with van der Waals surface area (Å²) >= 11 is 5.84. The normalized spacial score (nSPS) is 11.8. The number of ketones is 1. The number of methoxy groups -OCH3 is 1. The Morgan fingerprint density at radius 1 is 1.20 bits per heavy atom. The Morgan fingerprint density at radius 3 is 2.56 bits per heavy atom. The molecule has 0 aromatic heterocycles. The minimum Gasteiger partial charge on any atom is -0.493 e. The minimum absolute atomic E-state index is 0.0451. The molecule has 1 atom stereocenters. The maximum Gasteiger partial charge on any atom is 0.161 e. The first kappa shape index (κ1) is 19.2. The van der Waals surface area contributed by atoms with E-state index in [1.165, 1.54) is 14.0 Å². The number of Topliss-reactive ketones (excluding diaryl/α,β-unsaturated/α-hetero) is 1. The van der Waals surface area contributed by atoms with Crippen LogP contribution in [0.15, 0.2) is 42.5 Å². The fourth-order valence-corrected chi connectivity index (χ4v) is 2.36. The third-order valence-corrected chi connectivity index (χ3v) is 3.88. The summed E-state index contributed by atoms with van der Waals surface area (Å²) in [5, 5.41) is 13.9. The molecule has 0 aliphatic heterocycles. The third kappa shape index (κ3) is 6.05. The summed E-state index contributed by atoms with van der Waals surface area (Å²) in [4.78, 5) is 11.4. The molecule has 2 aromatic rings. The third-order valence-electron chi connectivity index (χ3n) is 3.62. The molecule has 2 aromatic carbocycles.